The molecule has 0 atom stereocenters. The van der Waals surface area contributed by atoms with Crippen molar-refractivity contribution in [3.05, 3.63) is 34.7 Å². The Labute approximate surface area is 164 Å². The molecule has 2 aliphatic heterocycles. The standard InChI is InChI=1S/C20H24N2O2S2/c1-3-4-5-6-7-10-13-22-19(24)17(26-20(22)25)16-14-11-8-9-12-15(14)21(2)18(16)23/h8-9,11-12H,3-7,10,13H2,1-2H3/b17-16-. The lowest BCUT2D eigenvalue weighted by Crippen LogP contribution is -2.29. The maximum absolute atomic E-state index is 12.9. The molecule has 1 aromatic rings. The lowest BCUT2D eigenvalue weighted by molar-refractivity contribution is -0.122. The summed E-state index contributed by atoms with van der Waals surface area (Å²) in [6.45, 7) is 2.84. The molecule has 6 heteroatoms. The molecule has 3 rings (SSSR count). The summed E-state index contributed by atoms with van der Waals surface area (Å²) in [5, 5.41) is 0. The van der Waals surface area contributed by atoms with E-state index >= 15 is 0 Å². The van der Waals surface area contributed by atoms with Gasteiger partial charge in [-0.05, 0) is 12.5 Å². The molecule has 26 heavy (non-hydrogen) atoms. The molecule has 138 valence electrons. The van der Waals surface area contributed by atoms with Crippen molar-refractivity contribution in [3.8, 4) is 0 Å². The molecule has 2 aliphatic rings. The maximum Gasteiger partial charge on any atom is 0.267 e. The average molecular weight is 389 g/mol. The van der Waals surface area contributed by atoms with Gasteiger partial charge in [-0.15, -0.1) is 0 Å². The minimum atomic E-state index is -0.133. The molecule has 0 spiro atoms. The molecular formula is C20H24N2O2S2. The molecule has 2 heterocycles. The molecule has 0 aromatic heterocycles. The van der Waals surface area contributed by atoms with Gasteiger partial charge in [0.15, 0.2) is 0 Å². The van der Waals surface area contributed by atoms with E-state index in [0.29, 0.717) is 21.3 Å². The summed E-state index contributed by atoms with van der Waals surface area (Å²) in [7, 11) is 1.74. The first-order chi connectivity index (χ1) is 12.6. The van der Waals surface area contributed by atoms with Gasteiger partial charge in [0, 0.05) is 19.2 Å². The van der Waals surface area contributed by atoms with Gasteiger partial charge in [0.1, 0.15) is 4.32 Å². The first-order valence-corrected chi connectivity index (χ1v) is 10.4. The van der Waals surface area contributed by atoms with E-state index in [1.165, 1.54) is 37.4 Å². The highest BCUT2D eigenvalue weighted by Crippen LogP contribution is 2.43. The van der Waals surface area contributed by atoms with Crippen LogP contribution in [0.2, 0.25) is 0 Å². The molecule has 0 radical (unpaired) electrons. The second kappa shape index (κ2) is 8.35. The second-order valence-corrected chi connectivity index (χ2v) is 8.32. The highest BCUT2D eigenvalue weighted by molar-refractivity contribution is 8.26. The Morgan fingerprint density at radius 2 is 1.69 bits per heavy atom. The summed E-state index contributed by atoms with van der Waals surface area (Å²) in [6.07, 6.45) is 6.99. The number of nitrogens with zero attached hydrogens (tertiary/aromatic N) is 2. The van der Waals surface area contributed by atoms with Crippen molar-refractivity contribution in [1.29, 1.82) is 0 Å². The number of hydrogen-bond acceptors (Lipinski definition) is 4. The first kappa shape index (κ1) is 19.1. The number of para-hydroxylation sites is 1. The van der Waals surface area contributed by atoms with Gasteiger partial charge in [0.25, 0.3) is 11.8 Å². The minimum absolute atomic E-state index is 0.123. The van der Waals surface area contributed by atoms with E-state index in [4.69, 9.17) is 12.2 Å². The molecule has 0 saturated carbocycles. The van der Waals surface area contributed by atoms with Gasteiger partial charge in [-0.1, -0.05) is 81.2 Å². The molecule has 1 aromatic carbocycles. The smallest absolute Gasteiger partial charge is 0.267 e. The minimum Gasteiger partial charge on any atom is -0.311 e. The SMILES string of the molecule is CCCCCCCCN1C(=O)/C(=C2/C(=O)N(C)c3ccccc32)SC1=S. The van der Waals surface area contributed by atoms with Crippen LogP contribution in [-0.4, -0.2) is 34.6 Å². The van der Waals surface area contributed by atoms with Crippen molar-refractivity contribution in [3.63, 3.8) is 0 Å². The van der Waals surface area contributed by atoms with Gasteiger partial charge in [-0.25, -0.2) is 0 Å². The van der Waals surface area contributed by atoms with E-state index in [1.807, 2.05) is 24.3 Å². The largest absolute Gasteiger partial charge is 0.311 e. The lowest BCUT2D eigenvalue weighted by Gasteiger charge is -2.14. The number of carbonyl (C=O) groups excluding carboxylic acids is 2. The van der Waals surface area contributed by atoms with Crippen molar-refractivity contribution in [2.45, 2.75) is 45.4 Å². The fourth-order valence-electron chi connectivity index (χ4n) is 3.38. The lowest BCUT2D eigenvalue weighted by atomic mass is 10.1. The highest BCUT2D eigenvalue weighted by atomic mass is 32.2. The van der Waals surface area contributed by atoms with E-state index < -0.39 is 0 Å². The first-order valence-electron chi connectivity index (χ1n) is 9.21. The number of amides is 2. The number of anilines is 1. The third-order valence-electron chi connectivity index (χ3n) is 4.86. The van der Waals surface area contributed by atoms with Crippen LogP contribution >= 0.6 is 24.0 Å². The Balaban J connectivity index is 1.75. The number of fused-ring (bicyclic) bond motifs is 1. The Morgan fingerprint density at radius 3 is 2.46 bits per heavy atom. The van der Waals surface area contributed by atoms with Gasteiger partial charge in [0.2, 0.25) is 0 Å². The van der Waals surface area contributed by atoms with E-state index in [1.54, 1.807) is 16.8 Å². The van der Waals surface area contributed by atoms with Crippen LogP contribution in [0.5, 0.6) is 0 Å². The van der Waals surface area contributed by atoms with Crippen LogP contribution in [0.3, 0.4) is 0 Å². The number of benzene rings is 1. The Morgan fingerprint density at radius 1 is 1.00 bits per heavy atom. The highest BCUT2D eigenvalue weighted by Gasteiger charge is 2.40. The number of thiocarbonyl (C=S) groups is 1. The summed E-state index contributed by atoms with van der Waals surface area (Å²) in [4.78, 5) is 29.4. The van der Waals surface area contributed by atoms with Crippen molar-refractivity contribution in [2.24, 2.45) is 0 Å². The van der Waals surface area contributed by atoms with Crippen LogP contribution in [0, 0.1) is 0 Å². The molecule has 0 unspecified atom stereocenters. The van der Waals surface area contributed by atoms with Gasteiger partial charge in [-0.2, -0.15) is 0 Å². The fraction of sp³-hybridized carbons (Fsp3) is 0.450. The second-order valence-electron chi connectivity index (χ2n) is 6.68. The molecular weight excluding hydrogens is 364 g/mol. The predicted octanol–water partition coefficient (Wildman–Crippen LogP) is 4.59. The van der Waals surface area contributed by atoms with E-state index in [9.17, 15) is 9.59 Å². The number of carbonyl (C=O) groups is 2. The molecule has 4 nitrogen and oxygen atoms in total. The summed E-state index contributed by atoms with van der Waals surface area (Å²) < 4.78 is 0.561. The Kier molecular flexibility index (Phi) is 6.14. The third-order valence-corrected chi connectivity index (χ3v) is 6.31. The van der Waals surface area contributed by atoms with Gasteiger partial charge in [-0.3, -0.25) is 14.5 Å². The summed E-state index contributed by atoms with van der Waals surface area (Å²) >= 11 is 6.69. The van der Waals surface area contributed by atoms with Gasteiger partial charge < -0.3 is 4.90 Å². The normalized spacial score (nSPS) is 19.7. The number of unbranched alkanes of at least 4 members (excludes halogenated alkanes) is 5. The van der Waals surface area contributed by atoms with E-state index in [2.05, 4.69) is 6.92 Å². The number of likely N-dealkylation sites (N-methyl/N-ethyl adjacent to an activating group) is 1. The van der Waals surface area contributed by atoms with Crippen LogP contribution in [-0.2, 0) is 9.59 Å². The van der Waals surface area contributed by atoms with Gasteiger partial charge in [0.05, 0.1) is 16.2 Å². The zero-order chi connectivity index (χ0) is 18.7. The van der Waals surface area contributed by atoms with Crippen LogP contribution in [0.15, 0.2) is 29.2 Å². The Hall–Kier alpha value is -1.66. The monoisotopic (exact) mass is 388 g/mol. The molecule has 2 amide bonds. The molecule has 1 fully saturated rings. The van der Waals surface area contributed by atoms with Crippen LogP contribution in [0.25, 0.3) is 5.57 Å². The van der Waals surface area contributed by atoms with Crippen molar-refractivity contribution >= 4 is 51.4 Å². The third kappa shape index (κ3) is 3.58. The zero-order valence-electron chi connectivity index (χ0n) is 15.3. The van der Waals surface area contributed by atoms with E-state index in [0.717, 1.165) is 24.1 Å². The summed E-state index contributed by atoms with van der Waals surface area (Å²) in [5.74, 6) is -0.256. The topological polar surface area (TPSA) is 40.6 Å². The molecule has 0 bridgehead atoms. The average Bonchev–Trinajstić information content (AvgIpc) is 3.05. The van der Waals surface area contributed by atoms with Crippen LogP contribution in [0.4, 0.5) is 5.69 Å². The zero-order valence-corrected chi connectivity index (χ0v) is 16.9. The van der Waals surface area contributed by atoms with Crippen molar-refractivity contribution in [1.82, 2.24) is 4.90 Å². The molecule has 0 aliphatic carbocycles. The van der Waals surface area contributed by atoms with Crippen molar-refractivity contribution < 1.29 is 9.59 Å². The quantitative estimate of drug-likeness (QED) is 0.389. The fourth-order valence-corrected chi connectivity index (χ4v) is 4.76. The summed E-state index contributed by atoms with van der Waals surface area (Å²) in [6, 6.07) is 7.58. The molecule has 0 N–H and O–H groups in total. The number of rotatable bonds is 7. The maximum atomic E-state index is 12.9. The van der Waals surface area contributed by atoms with Crippen LogP contribution < -0.4 is 4.90 Å². The predicted molar refractivity (Wildman–Crippen MR) is 112 cm³/mol. The van der Waals surface area contributed by atoms with Gasteiger partial charge >= 0.3 is 0 Å². The van der Waals surface area contributed by atoms with E-state index in [-0.39, 0.29) is 11.8 Å². The summed E-state index contributed by atoms with van der Waals surface area (Å²) in [5.41, 5.74) is 2.15. The Bertz CT molecular complexity index is 773. The number of thioether (sulfide) groups is 1. The molecule has 1 saturated heterocycles. The number of hydrogen-bond donors (Lipinski definition) is 0. The van der Waals surface area contributed by atoms with Crippen molar-refractivity contribution in [2.75, 3.05) is 18.5 Å². The van der Waals surface area contributed by atoms with Crippen LogP contribution in [0.1, 0.15) is 51.0 Å².